The number of hydrogen-bond acceptors (Lipinski definition) is 4. The molecule has 3 aromatic rings. The average Bonchev–Trinajstić information content (AvgIpc) is 3.02. The van der Waals surface area contributed by atoms with Gasteiger partial charge in [0.05, 0.1) is 6.61 Å². The van der Waals surface area contributed by atoms with Crippen molar-refractivity contribution in [2.45, 2.75) is 27.3 Å². The standard InChI is InChI=1S/C20H21N3O2.C2H4O2/c1-3-25-20(24)18-11-16-13(2)6-4-9-17(16)23(18)12-14-7-5-8-15(10-14)19(21)22;1-2(3)4/h4-11H,3,12H2,1-2H3,(H3,21,22);1H3,(H,3,4). The van der Waals surface area contributed by atoms with Crippen LogP contribution in [0.1, 0.15) is 41.0 Å². The Bertz CT molecular complexity index is 1050. The zero-order chi connectivity index (χ0) is 21.6. The molecule has 0 spiro atoms. The summed E-state index contributed by atoms with van der Waals surface area (Å²) < 4.78 is 7.18. The molecule has 3 rings (SSSR count). The van der Waals surface area contributed by atoms with Gasteiger partial charge in [0.1, 0.15) is 11.5 Å². The van der Waals surface area contributed by atoms with Gasteiger partial charge < -0.3 is 20.1 Å². The Balaban J connectivity index is 0.000000687. The van der Waals surface area contributed by atoms with Crippen molar-refractivity contribution in [3.63, 3.8) is 0 Å². The Morgan fingerprint density at radius 3 is 2.45 bits per heavy atom. The molecule has 0 radical (unpaired) electrons. The molecule has 29 heavy (non-hydrogen) atoms. The number of rotatable bonds is 5. The third-order valence-corrected chi connectivity index (χ3v) is 4.23. The predicted octanol–water partition coefficient (Wildman–Crippen LogP) is 3.55. The second-order valence-electron chi connectivity index (χ2n) is 6.48. The summed E-state index contributed by atoms with van der Waals surface area (Å²) in [5, 5.41) is 16.1. The first-order valence-corrected chi connectivity index (χ1v) is 9.13. The fourth-order valence-electron chi connectivity index (χ4n) is 3.00. The van der Waals surface area contributed by atoms with Gasteiger partial charge in [-0.2, -0.15) is 0 Å². The Morgan fingerprint density at radius 2 is 1.83 bits per heavy atom. The number of hydrogen-bond donors (Lipinski definition) is 3. The highest BCUT2D eigenvalue weighted by Gasteiger charge is 2.18. The lowest BCUT2D eigenvalue weighted by Gasteiger charge is -2.11. The van der Waals surface area contributed by atoms with Gasteiger partial charge in [-0.3, -0.25) is 10.2 Å². The molecule has 0 saturated carbocycles. The lowest BCUT2D eigenvalue weighted by atomic mass is 10.1. The van der Waals surface area contributed by atoms with E-state index in [9.17, 15) is 4.79 Å². The summed E-state index contributed by atoms with van der Waals surface area (Å²) in [7, 11) is 0. The number of carbonyl (C=O) groups is 2. The molecule has 0 aliphatic rings. The molecule has 7 heteroatoms. The van der Waals surface area contributed by atoms with Gasteiger partial charge >= 0.3 is 5.97 Å². The molecule has 0 unspecified atom stereocenters. The van der Waals surface area contributed by atoms with Crippen LogP contribution < -0.4 is 5.73 Å². The van der Waals surface area contributed by atoms with E-state index in [2.05, 4.69) is 0 Å². The van der Waals surface area contributed by atoms with Gasteiger partial charge in [0.15, 0.2) is 0 Å². The van der Waals surface area contributed by atoms with Crippen molar-refractivity contribution in [1.29, 1.82) is 5.41 Å². The minimum Gasteiger partial charge on any atom is -0.481 e. The number of fused-ring (bicyclic) bond motifs is 1. The molecule has 0 aliphatic carbocycles. The molecule has 0 bridgehead atoms. The Hall–Kier alpha value is -3.61. The Labute approximate surface area is 169 Å². The summed E-state index contributed by atoms with van der Waals surface area (Å²) in [5.41, 5.74) is 9.85. The van der Waals surface area contributed by atoms with Crippen LogP contribution in [0, 0.1) is 12.3 Å². The number of aliphatic carboxylic acids is 1. The van der Waals surface area contributed by atoms with Gasteiger partial charge in [-0.1, -0.05) is 30.3 Å². The normalized spacial score (nSPS) is 10.2. The quantitative estimate of drug-likeness (QED) is 0.347. The summed E-state index contributed by atoms with van der Waals surface area (Å²) in [5.74, 6) is -1.14. The highest BCUT2D eigenvalue weighted by atomic mass is 16.5. The molecule has 152 valence electrons. The number of carboxylic acids is 1. The van der Waals surface area contributed by atoms with Crippen molar-refractivity contribution in [2.75, 3.05) is 6.61 Å². The number of nitrogens with one attached hydrogen (secondary N) is 1. The predicted molar refractivity (Wildman–Crippen MR) is 113 cm³/mol. The van der Waals surface area contributed by atoms with E-state index >= 15 is 0 Å². The number of carbonyl (C=O) groups excluding carboxylic acids is 1. The van der Waals surface area contributed by atoms with E-state index in [4.69, 9.17) is 25.8 Å². The molecule has 0 aliphatic heterocycles. The van der Waals surface area contributed by atoms with Gasteiger partial charge in [0.25, 0.3) is 5.97 Å². The van der Waals surface area contributed by atoms with Crippen molar-refractivity contribution < 1.29 is 19.4 Å². The van der Waals surface area contributed by atoms with Crippen LogP contribution in [-0.4, -0.2) is 34.1 Å². The second kappa shape index (κ2) is 9.54. The zero-order valence-electron chi connectivity index (χ0n) is 16.7. The van der Waals surface area contributed by atoms with Crippen LogP contribution in [-0.2, 0) is 16.1 Å². The molecule has 2 aromatic carbocycles. The molecule has 0 saturated heterocycles. The number of nitrogen functional groups attached to an aromatic ring is 1. The van der Waals surface area contributed by atoms with E-state index in [1.165, 1.54) is 0 Å². The van der Waals surface area contributed by atoms with Crippen LogP contribution in [0.15, 0.2) is 48.5 Å². The lowest BCUT2D eigenvalue weighted by Crippen LogP contribution is -2.14. The largest absolute Gasteiger partial charge is 0.481 e. The summed E-state index contributed by atoms with van der Waals surface area (Å²) in [6.07, 6.45) is 0. The van der Waals surface area contributed by atoms with E-state index in [1.54, 1.807) is 13.0 Å². The molecule has 0 amide bonds. The fraction of sp³-hybridized carbons (Fsp3) is 0.227. The topological polar surface area (TPSA) is 118 Å². The fourth-order valence-corrected chi connectivity index (χ4v) is 3.00. The lowest BCUT2D eigenvalue weighted by molar-refractivity contribution is -0.134. The van der Waals surface area contributed by atoms with Gasteiger partial charge in [-0.05, 0) is 43.2 Å². The number of aryl methyl sites for hydroxylation is 1. The zero-order valence-corrected chi connectivity index (χ0v) is 16.7. The monoisotopic (exact) mass is 395 g/mol. The smallest absolute Gasteiger partial charge is 0.354 e. The number of benzene rings is 2. The van der Waals surface area contributed by atoms with E-state index in [0.717, 1.165) is 29.0 Å². The summed E-state index contributed by atoms with van der Waals surface area (Å²) in [6, 6.07) is 15.4. The van der Waals surface area contributed by atoms with E-state index in [-0.39, 0.29) is 11.8 Å². The SMILES string of the molecule is CC(=O)O.CCOC(=O)c1cc2c(C)cccc2n1Cc1cccc(C(=N)N)c1. The van der Waals surface area contributed by atoms with Gasteiger partial charge in [0.2, 0.25) is 0 Å². The second-order valence-corrected chi connectivity index (χ2v) is 6.48. The van der Waals surface area contributed by atoms with Gasteiger partial charge in [-0.25, -0.2) is 4.79 Å². The van der Waals surface area contributed by atoms with Crippen LogP contribution in [0.5, 0.6) is 0 Å². The van der Waals surface area contributed by atoms with Crippen LogP contribution in [0.25, 0.3) is 10.9 Å². The van der Waals surface area contributed by atoms with Crippen molar-refractivity contribution in [3.05, 3.63) is 70.9 Å². The number of esters is 1. The van der Waals surface area contributed by atoms with E-state index in [0.29, 0.717) is 24.4 Å². The van der Waals surface area contributed by atoms with Crippen molar-refractivity contribution in [3.8, 4) is 0 Å². The highest BCUT2D eigenvalue weighted by Crippen LogP contribution is 2.25. The average molecular weight is 395 g/mol. The van der Waals surface area contributed by atoms with Crippen molar-refractivity contribution in [1.82, 2.24) is 4.57 Å². The molecule has 0 fully saturated rings. The first-order valence-electron chi connectivity index (χ1n) is 9.13. The van der Waals surface area contributed by atoms with Crippen LogP contribution in [0.4, 0.5) is 0 Å². The summed E-state index contributed by atoms with van der Waals surface area (Å²) in [4.78, 5) is 21.4. The van der Waals surface area contributed by atoms with Crippen LogP contribution in [0.3, 0.4) is 0 Å². The van der Waals surface area contributed by atoms with Crippen LogP contribution >= 0.6 is 0 Å². The molecule has 0 atom stereocenters. The van der Waals surface area contributed by atoms with Gasteiger partial charge in [0, 0.05) is 29.9 Å². The van der Waals surface area contributed by atoms with Gasteiger partial charge in [-0.15, -0.1) is 0 Å². The Kier molecular flexibility index (Phi) is 7.14. The Morgan fingerprint density at radius 1 is 1.17 bits per heavy atom. The molecule has 1 heterocycles. The van der Waals surface area contributed by atoms with E-state index < -0.39 is 5.97 Å². The molecule has 1 aromatic heterocycles. The maximum atomic E-state index is 12.4. The van der Waals surface area contributed by atoms with Crippen molar-refractivity contribution >= 4 is 28.7 Å². The van der Waals surface area contributed by atoms with Crippen LogP contribution in [0.2, 0.25) is 0 Å². The first kappa shape index (κ1) is 21.7. The third kappa shape index (κ3) is 5.44. The minimum absolute atomic E-state index is 0.0284. The molecule has 4 N–H and O–H groups in total. The first-order chi connectivity index (χ1) is 13.7. The number of nitrogens with two attached hydrogens (primary N) is 1. The van der Waals surface area contributed by atoms with Crippen molar-refractivity contribution in [2.24, 2.45) is 5.73 Å². The van der Waals surface area contributed by atoms with E-state index in [1.807, 2.05) is 54.0 Å². The number of aromatic nitrogens is 1. The minimum atomic E-state index is -0.833. The maximum Gasteiger partial charge on any atom is 0.354 e. The molecular formula is C22H25N3O4. The maximum absolute atomic E-state index is 12.4. The number of carboxylic acid groups (broad SMARTS) is 1. The summed E-state index contributed by atoms with van der Waals surface area (Å²) in [6.45, 7) is 5.74. The number of ether oxygens (including phenoxy) is 1. The number of amidine groups is 1. The molecular weight excluding hydrogens is 370 g/mol. The highest BCUT2D eigenvalue weighted by molar-refractivity contribution is 5.97. The molecule has 7 nitrogen and oxygen atoms in total. The number of nitrogens with zero attached hydrogens (tertiary/aromatic N) is 1. The third-order valence-electron chi connectivity index (χ3n) is 4.23. The summed E-state index contributed by atoms with van der Waals surface area (Å²) >= 11 is 0.